The van der Waals surface area contributed by atoms with Crippen LogP contribution < -0.4 is 5.32 Å². The summed E-state index contributed by atoms with van der Waals surface area (Å²) in [6.45, 7) is 11.8. The van der Waals surface area contributed by atoms with Gasteiger partial charge >= 0.3 is 0 Å². The van der Waals surface area contributed by atoms with E-state index in [9.17, 15) is 4.79 Å². The molecule has 2 unspecified atom stereocenters. The van der Waals surface area contributed by atoms with E-state index < -0.39 is 0 Å². The summed E-state index contributed by atoms with van der Waals surface area (Å²) in [6.07, 6.45) is 1.88. The molecule has 112 valence electrons. The van der Waals surface area contributed by atoms with Crippen molar-refractivity contribution in [2.24, 2.45) is 11.3 Å². The molecule has 0 aromatic carbocycles. The van der Waals surface area contributed by atoms with Gasteiger partial charge < -0.3 is 15.0 Å². The second-order valence-electron chi connectivity index (χ2n) is 6.96. The molecule has 0 aromatic rings. The second kappa shape index (κ2) is 7.25. The largest absolute Gasteiger partial charge is 0.373 e. The van der Waals surface area contributed by atoms with Crippen LogP contribution in [0.4, 0.5) is 0 Å². The molecule has 1 aliphatic heterocycles. The average molecular weight is 270 g/mol. The molecule has 1 fully saturated rings. The van der Waals surface area contributed by atoms with E-state index in [1.165, 1.54) is 0 Å². The van der Waals surface area contributed by atoms with Crippen molar-refractivity contribution >= 4 is 5.91 Å². The van der Waals surface area contributed by atoms with Gasteiger partial charge in [-0.05, 0) is 24.8 Å². The number of hydrogen-bond acceptors (Lipinski definition) is 3. The fraction of sp³-hybridized carbons (Fsp3) is 0.933. The molecule has 0 bridgehead atoms. The maximum absolute atomic E-state index is 12.3. The van der Waals surface area contributed by atoms with E-state index in [2.05, 4.69) is 33.0 Å². The maximum atomic E-state index is 12.3. The highest BCUT2D eigenvalue weighted by Crippen LogP contribution is 2.26. The normalized spacial score (nSPS) is 22.4. The van der Waals surface area contributed by atoms with Crippen molar-refractivity contribution in [2.75, 3.05) is 33.3 Å². The smallest absolute Gasteiger partial charge is 0.223 e. The van der Waals surface area contributed by atoms with E-state index in [1.54, 1.807) is 0 Å². The molecule has 4 heteroatoms. The van der Waals surface area contributed by atoms with Crippen LogP contribution in [0.3, 0.4) is 0 Å². The first kappa shape index (κ1) is 16.4. The van der Waals surface area contributed by atoms with Crippen LogP contribution in [-0.4, -0.2) is 50.2 Å². The maximum Gasteiger partial charge on any atom is 0.223 e. The van der Waals surface area contributed by atoms with E-state index in [0.717, 1.165) is 26.1 Å². The van der Waals surface area contributed by atoms with E-state index in [0.29, 0.717) is 24.4 Å². The first-order valence-electron chi connectivity index (χ1n) is 7.36. The Kier molecular flexibility index (Phi) is 6.27. The SMILES string of the molecule is CNCC1CN(C(=O)CC(C)CC(C)(C)C)CCO1. The molecule has 1 aliphatic rings. The van der Waals surface area contributed by atoms with Gasteiger partial charge in [0.05, 0.1) is 12.7 Å². The predicted molar refractivity (Wildman–Crippen MR) is 78.1 cm³/mol. The van der Waals surface area contributed by atoms with Crippen molar-refractivity contribution in [1.29, 1.82) is 0 Å². The molecule has 0 saturated carbocycles. The minimum absolute atomic E-state index is 0.139. The molecule has 4 nitrogen and oxygen atoms in total. The van der Waals surface area contributed by atoms with Crippen LogP contribution in [0.25, 0.3) is 0 Å². The van der Waals surface area contributed by atoms with Crippen LogP contribution in [0.2, 0.25) is 0 Å². The standard InChI is InChI=1S/C15H30N2O2/c1-12(9-15(2,3)4)8-14(18)17-6-7-19-13(11-17)10-16-5/h12-13,16H,6-11H2,1-5H3. The van der Waals surface area contributed by atoms with Crippen LogP contribution in [0.15, 0.2) is 0 Å². The average Bonchev–Trinajstić information content (AvgIpc) is 2.27. The number of rotatable bonds is 5. The van der Waals surface area contributed by atoms with Crippen molar-refractivity contribution in [2.45, 2.75) is 46.6 Å². The predicted octanol–water partition coefficient (Wildman–Crippen LogP) is 1.90. The summed E-state index contributed by atoms with van der Waals surface area (Å²) in [7, 11) is 1.91. The first-order valence-corrected chi connectivity index (χ1v) is 7.36. The van der Waals surface area contributed by atoms with Gasteiger partial charge in [0.25, 0.3) is 0 Å². The topological polar surface area (TPSA) is 41.6 Å². The van der Waals surface area contributed by atoms with Crippen molar-refractivity contribution in [1.82, 2.24) is 10.2 Å². The number of amides is 1. The molecule has 1 rings (SSSR count). The number of likely N-dealkylation sites (N-methyl/N-ethyl adjacent to an activating group) is 1. The fourth-order valence-electron chi connectivity index (χ4n) is 2.84. The lowest BCUT2D eigenvalue weighted by atomic mass is 9.84. The summed E-state index contributed by atoms with van der Waals surface area (Å²) in [4.78, 5) is 14.3. The molecule has 1 amide bonds. The summed E-state index contributed by atoms with van der Waals surface area (Å²) >= 11 is 0. The van der Waals surface area contributed by atoms with E-state index in [1.807, 2.05) is 11.9 Å². The molecule has 0 aromatic heterocycles. The third-order valence-electron chi connectivity index (χ3n) is 3.41. The van der Waals surface area contributed by atoms with Crippen molar-refractivity contribution in [3.05, 3.63) is 0 Å². The van der Waals surface area contributed by atoms with Crippen LogP contribution in [-0.2, 0) is 9.53 Å². The first-order chi connectivity index (χ1) is 8.81. The van der Waals surface area contributed by atoms with Crippen molar-refractivity contribution in [3.63, 3.8) is 0 Å². The Morgan fingerprint density at radius 2 is 2.16 bits per heavy atom. The zero-order valence-corrected chi connectivity index (χ0v) is 13.2. The lowest BCUT2D eigenvalue weighted by molar-refractivity contribution is -0.139. The summed E-state index contributed by atoms with van der Waals surface area (Å²) in [5.74, 6) is 0.722. The summed E-state index contributed by atoms with van der Waals surface area (Å²) in [6, 6.07) is 0. The molecular formula is C15H30N2O2. The third-order valence-corrected chi connectivity index (χ3v) is 3.41. The number of ether oxygens (including phenoxy) is 1. The minimum Gasteiger partial charge on any atom is -0.373 e. The Bertz CT molecular complexity index is 284. The summed E-state index contributed by atoms with van der Waals surface area (Å²) in [5.41, 5.74) is 0.291. The third kappa shape index (κ3) is 6.39. The number of carbonyl (C=O) groups is 1. The van der Waals surface area contributed by atoms with Crippen molar-refractivity contribution < 1.29 is 9.53 Å². The van der Waals surface area contributed by atoms with Gasteiger partial charge in [-0.1, -0.05) is 27.7 Å². The van der Waals surface area contributed by atoms with Crippen LogP contribution in [0.1, 0.15) is 40.5 Å². The van der Waals surface area contributed by atoms with Gasteiger partial charge in [-0.25, -0.2) is 0 Å². The highest BCUT2D eigenvalue weighted by Gasteiger charge is 2.25. The van der Waals surface area contributed by atoms with Gasteiger partial charge in [-0.3, -0.25) is 4.79 Å². The van der Waals surface area contributed by atoms with E-state index in [4.69, 9.17) is 4.74 Å². The van der Waals surface area contributed by atoms with Gasteiger partial charge in [-0.2, -0.15) is 0 Å². The Morgan fingerprint density at radius 3 is 2.74 bits per heavy atom. The van der Waals surface area contributed by atoms with Gasteiger partial charge in [-0.15, -0.1) is 0 Å². The number of nitrogens with zero attached hydrogens (tertiary/aromatic N) is 1. The number of morpholine rings is 1. The molecule has 2 atom stereocenters. The minimum atomic E-state index is 0.139. The zero-order valence-electron chi connectivity index (χ0n) is 13.2. The van der Waals surface area contributed by atoms with Gasteiger partial charge in [0, 0.05) is 26.1 Å². The molecule has 0 spiro atoms. The quantitative estimate of drug-likeness (QED) is 0.829. The van der Waals surface area contributed by atoms with Gasteiger partial charge in [0.1, 0.15) is 0 Å². The molecule has 1 saturated heterocycles. The Morgan fingerprint density at radius 1 is 1.47 bits per heavy atom. The van der Waals surface area contributed by atoms with E-state index in [-0.39, 0.29) is 12.0 Å². The highest BCUT2D eigenvalue weighted by molar-refractivity contribution is 5.76. The number of hydrogen-bond donors (Lipinski definition) is 1. The lowest BCUT2D eigenvalue weighted by Gasteiger charge is -2.34. The monoisotopic (exact) mass is 270 g/mol. The second-order valence-corrected chi connectivity index (χ2v) is 6.96. The lowest BCUT2D eigenvalue weighted by Crippen LogP contribution is -2.48. The molecular weight excluding hydrogens is 240 g/mol. The van der Waals surface area contributed by atoms with E-state index >= 15 is 0 Å². The van der Waals surface area contributed by atoms with Gasteiger partial charge in [0.2, 0.25) is 5.91 Å². The van der Waals surface area contributed by atoms with Crippen molar-refractivity contribution in [3.8, 4) is 0 Å². The number of nitrogens with one attached hydrogen (secondary N) is 1. The summed E-state index contributed by atoms with van der Waals surface area (Å²) in [5, 5.41) is 3.11. The Labute approximate surface area is 117 Å². The molecule has 19 heavy (non-hydrogen) atoms. The fourth-order valence-corrected chi connectivity index (χ4v) is 2.84. The molecule has 0 aliphatic carbocycles. The number of carbonyl (C=O) groups excluding carboxylic acids is 1. The summed E-state index contributed by atoms with van der Waals surface area (Å²) < 4.78 is 5.63. The van der Waals surface area contributed by atoms with Crippen LogP contribution >= 0.6 is 0 Å². The molecule has 1 N–H and O–H groups in total. The van der Waals surface area contributed by atoms with Gasteiger partial charge in [0.15, 0.2) is 0 Å². The Hall–Kier alpha value is -0.610. The zero-order chi connectivity index (χ0) is 14.5. The molecule has 0 radical (unpaired) electrons. The Balaban J connectivity index is 2.40. The van der Waals surface area contributed by atoms with Crippen LogP contribution in [0.5, 0.6) is 0 Å². The molecule has 1 heterocycles. The highest BCUT2D eigenvalue weighted by atomic mass is 16.5. The van der Waals surface area contributed by atoms with Crippen LogP contribution in [0, 0.1) is 11.3 Å².